The number of benzene rings is 2. The molecule has 7 nitrogen and oxygen atoms in total. The zero-order chi connectivity index (χ0) is 23.7. The first-order valence-corrected chi connectivity index (χ1v) is 12.1. The second-order valence-corrected chi connectivity index (χ2v) is 9.26. The number of aromatic nitrogens is 1. The Morgan fingerprint density at radius 2 is 1.79 bits per heavy atom. The standard InChI is InChI=1S/C27H31N3O4/c31-17-21-4-3-12-28(21)14-15-29-13-11-24-26(27(29)34)22-5-1-2-6-23(22)30(24)16-19-7-9-20(10-8-19)25(33)18-32/h1-2,5-10,21,31-32H,3-4,11-18H2/t21-/m0/s1. The van der Waals surface area contributed by atoms with E-state index in [0.717, 1.165) is 60.1 Å². The van der Waals surface area contributed by atoms with E-state index in [9.17, 15) is 14.7 Å². The molecule has 2 aliphatic rings. The number of nitrogens with zero attached hydrogens (tertiary/aromatic N) is 3. The monoisotopic (exact) mass is 461 g/mol. The third kappa shape index (κ3) is 4.15. The average molecular weight is 462 g/mol. The molecule has 1 fully saturated rings. The van der Waals surface area contributed by atoms with Crippen molar-refractivity contribution in [3.63, 3.8) is 0 Å². The Bertz CT molecular complexity index is 1200. The van der Waals surface area contributed by atoms with Crippen molar-refractivity contribution in [2.45, 2.75) is 31.8 Å². The van der Waals surface area contributed by atoms with E-state index in [0.29, 0.717) is 25.2 Å². The lowest BCUT2D eigenvalue weighted by molar-refractivity contribution is 0.0703. The quantitative estimate of drug-likeness (QED) is 0.503. The topological polar surface area (TPSA) is 86.0 Å². The molecular formula is C27H31N3O4. The second kappa shape index (κ2) is 9.70. The molecule has 0 aliphatic carbocycles. The smallest absolute Gasteiger partial charge is 0.256 e. The van der Waals surface area contributed by atoms with Crippen molar-refractivity contribution in [1.29, 1.82) is 0 Å². The Balaban J connectivity index is 1.40. The molecule has 3 aromatic rings. The number of carbonyl (C=O) groups excluding carboxylic acids is 2. The number of aliphatic hydroxyl groups is 2. The van der Waals surface area contributed by atoms with Gasteiger partial charge in [-0.15, -0.1) is 0 Å². The largest absolute Gasteiger partial charge is 0.395 e. The molecule has 0 spiro atoms. The number of hydrogen-bond acceptors (Lipinski definition) is 5. The maximum atomic E-state index is 13.6. The van der Waals surface area contributed by atoms with Gasteiger partial charge in [-0.05, 0) is 31.0 Å². The SMILES string of the molecule is O=C(CO)c1ccc(Cn2c3c(c4ccccc42)C(=O)N(CCN2CCC[C@H]2CO)CC3)cc1. The number of ketones is 1. The minimum absolute atomic E-state index is 0.0832. The number of hydrogen-bond donors (Lipinski definition) is 2. The fourth-order valence-electron chi connectivity index (χ4n) is 5.46. The Hall–Kier alpha value is -3.00. The molecule has 0 saturated carbocycles. The van der Waals surface area contributed by atoms with E-state index in [1.807, 2.05) is 35.2 Å². The molecule has 0 bridgehead atoms. The van der Waals surface area contributed by atoms with Gasteiger partial charge in [-0.1, -0.05) is 42.5 Å². The molecule has 7 heteroatoms. The van der Waals surface area contributed by atoms with Crippen LogP contribution in [0, 0.1) is 0 Å². The van der Waals surface area contributed by atoms with Gasteiger partial charge in [0, 0.05) is 60.8 Å². The van der Waals surface area contributed by atoms with Crippen LogP contribution in [0.2, 0.25) is 0 Å². The van der Waals surface area contributed by atoms with Crippen LogP contribution >= 0.6 is 0 Å². The lowest BCUT2D eigenvalue weighted by atomic mass is 10.0. The van der Waals surface area contributed by atoms with Crippen molar-refractivity contribution in [1.82, 2.24) is 14.4 Å². The molecule has 34 heavy (non-hydrogen) atoms. The number of para-hydroxylation sites is 1. The molecule has 2 N–H and O–H groups in total. The highest BCUT2D eigenvalue weighted by Gasteiger charge is 2.32. The van der Waals surface area contributed by atoms with E-state index in [4.69, 9.17) is 5.11 Å². The second-order valence-electron chi connectivity index (χ2n) is 9.26. The zero-order valence-electron chi connectivity index (χ0n) is 19.3. The highest BCUT2D eigenvalue weighted by atomic mass is 16.3. The van der Waals surface area contributed by atoms with E-state index in [2.05, 4.69) is 15.5 Å². The third-order valence-electron chi connectivity index (χ3n) is 7.33. The van der Waals surface area contributed by atoms with Crippen molar-refractivity contribution in [2.24, 2.45) is 0 Å². The number of likely N-dealkylation sites (tertiary alicyclic amines) is 1. The van der Waals surface area contributed by atoms with Crippen molar-refractivity contribution >= 4 is 22.6 Å². The summed E-state index contributed by atoms with van der Waals surface area (Å²) in [5.74, 6) is -0.208. The van der Waals surface area contributed by atoms with Gasteiger partial charge in [0.05, 0.1) is 12.2 Å². The van der Waals surface area contributed by atoms with E-state index in [-0.39, 0.29) is 24.3 Å². The molecule has 1 saturated heterocycles. The van der Waals surface area contributed by atoms with Gasteiger partial charge in [0.25, 0.3) is 5.91 Å². The van der Waals surface area contributed by atoms with Crippen LogP contribution in [0.1, 0.15) is 44.8 Å². The summed E-state index contributed by atoms with van der Waals surface area (Å²) in [5.41, 5.74) is 4.44. The number of fused-ring (bicyclic) bond motifs is 3. The fourth-order valence-corrected chi connectivity index (χ4v) is 5.46. The van der Waals surface area contributed by atoms with Crippen LogP contribution in [0.15, 0.2) is 48.5 Å². The summed E-state index contributed by atoms with van der Waals surface area (Å²) >= 11 is 0. The van der Waals surface area contributed by atoms with Gasteiger partial charge in [-0.2, -0.15) is 0 Å². The summed E-state index contributed by atoms with van der Waals surface area (Å²) in [6, 6.07) is 15.6. The van der Waals surface area contributed by atoms with Crippen LogP contribution in [0.5, 0.6) is 0 Å². The van der Waals surface area contributed by atoms with Gasteiger partial charge in [0.1, 0.15) is 6.61 Å². The number of aliphatic hydroxyl groups excluding tert-OH is 2. The third-order valence-corrected chi connectivity index (χ3v) is 7.33. The zero-order valence-corrected chi connectivity index (χ0v) is 19.3. The molecule has 1 aromatic heterocycles. The van der Waals surface area contributed by atoms with Crippen molar-refractivity contribution in [3.8, 4) is 0 Å². The molecule has 2 aliphatic heterocycles. The molecule has 0 radical (unpaired) electrons. The molecular weight excluding hydrogens is 430 g/mol. The fraction of sp³-hybridized carbons (Fsp3) is 0.407. The van der Waals surface area contributed by atoms with Crippen molar-refractivity contribution < 1.29 is 19.8 Å². The Labute approximate surface area is 199 Å². The van der Waals surface area contributed by atoms with Crippen LogP contribution in [-0.4, -0.2) is 81.7 Å². The predicted octanol–water partition coefficient (Wildman–Crippen LogP) is 2.32. The first kappa shape index (κ1) is 22.8. The van der Waals surface area contributed by atoms with Crippen LogP contribution in [-0.2, 0) is 13.0 Å². The molecule has 1 amide bonds. The minimum Gasteiger partial charge on any atom is -0.395 e. The minimum atomic E-state index is -0.494. The lowest BCUT2D eigenvalue weighted by Gasteiger charge is -2.31. The van der Waals surface area contributed by atoms with Gasteiger partial charge < -0.3 is 19.7 Å². The average Bonchev–Trinajstić information content (AvgIpc) is 3.46. The molecule has 1 atom stereocenters. The number of amides is 1. The van der Waals surface area contributed by atoms with E-state index < -0.39 is 6.61 Å². The van der Waals surface area contributed by atoms with Gasteiger partial charge >= 0.3 is 0 Å². The molecule has 0 unspecified atom stereocenters. The maximum Gasteiger partial charge on any atom is 0.256 e. The van der Waals surface area contributed by atoms with Crippen LogP contribution in [0.3, 0.4) is 0 Å². The van der Waals surface area contributed by atoms with E-state index in [1.54, 1.807) is 12.1 Å². The summed E-state index contributed by atoms with van der Waals surface area (Å²) < 4.78 is 2.23. The summed E-state index contributed by atoms with van der Waals surface area (Å²) in [7, 11) is 0. The molecule has 178 valence electrons. The maximum absolute atomic E-state index is 13.6. The van der Waals surface area contributed by atoms with Gasteiger partial charge in [0.2, 0.25) is 0 Å². The molecule has 2 aromatic carbocycles. The normalized spacial score (nSPS) is 18.6. The highest BCUT2D eigenvalue weighted by molar-refractivity contribution is 6.09. The van der Waals surface area contributed by atoms with Crippen LogP contribution in [0.4, 0.5) is 0 Å². The Morgan fingerprint density at radius 3 is 2.56 bits per heavy atom. The predicted molar refractivity (Wildman–Crippen MR) is 130 cm³/mol. The van der Waals surface area contributed by atoms with E-state index in [1.165, 1.54) is 0 Å². The van der Waals surface area contributed by atoms with Crippen molar-refractivity contribution in [2.75, 3.05) is 39.4 Å². The summed E-state index contributed by atoms with van der Waals surface area (Å²) in [6.45, 7) is 3.44. The van der Waals surface area contributed by atoms with Crippen molar-refractivity contribution in [3.05, 3.63) is 70.9 Å². The Kier molecular flexibility index (Phi) is 6.50. The lowest BCUT2D eigenvalue weighted by Crippen LogP contribution is -2.44. The summed E-state index contributed by atoms with van der Waals surface area (Å²) in [5, 5.41) is 19.7. The number of rotatable bonds is 8. The summed E-state index contributed by atoms with van der Waals surface area (Å²) in [6.07, 6.45) is 2.92. The first-order chi connectivity index (χ1) is 16.6. The van der Waals surface area contributed by atoms with Gasteiger partial charge in [-0.3, -0.25) is 14.5 Å². The van der Waals surface area contributed by atoms with Crippen LogP contribution < -0.4 is 0 Å². The molecule has 3 heterocycles. The molecule has 5 rings (SSSR count). The first-order valence-electron chi connectivity index (χ1n) is 12.1. The van der Waals surface area contributed by atoms with Gasteiger partial charge in [0.15, 0.2) is 5.78 Å². The highest BCUT2D eigenvalue weighted by Crippen LogP contribution is 2.32. The van der Waals surface area contributed by atoms with Gasteiger partial charge in [-0.25, -0.2) is 0 Å². The van der Waals surface area contributed by atoms with Crippen LogP contribution in [0.25, 0.3) is 10.9 Å². The summed E-state index contributed by atoms with van der Waals surface area (Å²) in [4.78, 5) is 29.6. The van der Waals surface area contributed by atoms with E-state index >= 15 is 0 Å². The number of Topliss-reactive ketones (excluding diaryl/α,β-unsaturated/α-hetero) is 1. The Morgan fingerprint density at radius 1 is 1.00 bits per heavy atom. The number of carbonyl (C=O) groups is 2.